The molecule has 3 rings (SSSR count). The van der Waals surface area contributed by atoms with Crippen molar-refractivity contribution in [1.29, 1.82) is 0 Å². The zero-order valence-electron chi connectivity index (χ0n) is 11.9. The standard InChI is InChI=1S/C17H18ClFN2/c1-20-17(15-13(18)8-3-9-14(15)19)12-7-2-5-11-6-4-10-21-16(11)12/h3-4,6,8-10,12,17,20H,2,5,7H2,1H3. The van der Waals surface area contributed by atoms with Gasteiger partial charge in [0, 0.05) is 34.4 Å². The molecule has 2 unspecified atom stereocenters. The summed E-state index contributed by atoms with van der Waals surface area (Å²) in [7, 11) is 1.85. The summed E-state index contributed by atoms with van der Waals surface area (Å²) < 4.78 is 14.3. The fraction of sp³-hybridized carbons (Fsp3) is 0.353. The lowest BCUT2D eigenvalue weighted by atomic mass is 9.79. The Kier molecular flexibility index (Phi) is 4.22. The number of nitrogens with zero attached hydrogens (tertiary/aromatic N) is 1. The Morgan fingerprint density at radius 1 is 1.33 bits per heavy atom. The molecule has 1 aliphatic carbocycles. The molecule has 2 aromatic rings. The zero-order chi connectivity index (χ0) is 14.8. The van der Waals surface area contributed by atoms with Gasteiger partial charge in [0.25, 0.3) is 0 Å². The molecule has 0 saturated heterocycles. The molecule has 4 heteroatoms. The minimum atomic E-state index is -0.259. The van der Waals surface area contributed by atoms with Crippen LogP contribution in [0.15, 0.2) is 36.5 Å². The summed E-state index contributed by atoms with van der Waals surface area (Å²) >= 11 is 6.25. The van der Waals surface area contributed by atoms with Crippen molar-refractivity contribution >= 4 is 11.6 Å². The molecular formula is C17H18ClFN2. The Morgan fingerprint density at radius 2 is 2.19 bits per heavy atom. The number of hydrogen-bond acceptors (Lipinski definition) is 2. The molecule has 2 atom stereocenters. The first-order valence-corrected chi connectivity index (χ1v) is 7.65. The van der Waals surface area contributed by atoms with Crippen molar-refractivity contribution in [3.05, 3.63) is 64.2 Å². The Labute approximate surface area is 129 Å². The van der Waals surface area contributed by atoms with Gasteiger partial charge in [-0.2, -0.15) is 0 Å². The maximum atomic E-state index is 14.3. The minimum absolute atomic E-state index is 0.148. The number of rotatable bonds is 3. The number of nitrogens with one attached hydrogen (secondary N) is 1. The van der Waals surface area contributed by atoms with Crippen LogP contribution in [0.5, 0.6) is 0 Å². The lowest BCUT2D eigenvalue weighted by Crippen LogP contribution is -2.28. The average Bonchev–Trinajstić information content (AvgIpc) is 2.51. The minimum Gasteiger partial charge on any atom is -0.312 e. The molecule has 0 spiro atoms. The highest BCUT2D eigenvalue weighted by Crippen LogP contribution is 2.41. The van der Waals surface area contributed by atoms with Crippen molar-refractivity contribution in [2.75, 3.05) is 7.05 Å². The van der Waals surface area contributed by atoms with E-state index in [2.05, 4.69) is 16.4 Å². The van der Waals surface area contributed by atoms with E-state index >= 15 is 0 Å². The molecule has 1 aromatic carbocycles. The number of aromatic nitrogens is 1. The van der Waals surface area contributed by atoms with Gasteiger partial charge in [0.1, 0.15) is 5.82 Å². The van der Waals surface area contributed by atoms with Crippen LogP contribution in [-0.2, 0) is 6.42 Å². The van der Waals surface area contributed by atoms with Crippen LogP contribution in [0.2, 0.25) is 5.02 Å². The molecule has 0 bridgehead atoms. The van der Waals surface area contributed by atoms with E-state index in [-0.39, 0.29) is 17.8 Å². The maximum absolute atomic E-state index is 14.3. The Bertz CT molecular complexity index is 624. The van der Waals surface area contributed by atoms with Gasteiger partial charge >= 0.3 is 0 Å². The predicted octanol–water partition coefficient (Wildman–Crippen LogP) is 4.25. The van der Waals surface area contributed by atoms with Gasteiger partial charge in [-0.1, -0.05) is 23.7 Å². The van der Waals surface area contributed by atoms with Crippen LogP contribution in [0.3, 0.4) is 0 Å². The lowest BCUT2D eigenvalue weighted by molar-refractivity contribution is 0.403. The van der Waals surface area contributed by atoms with E-state index in [1.165, 1.54) is 11.6 Å². The smallest absolute Gasteiger partial charge is 0.129 e. The van der Waals surface area contributed by atoms with Crippen molar-refractivity contribution in [2.24, 2.45) is 0 Å². The highest BCUT2D eigenvalue weighted by molar-refractivity contribution is 6.31. The van der Waals surface area contributed by atoms with Crippen LogP contribution >= 0.6 is 11.6 Å². The molecule has 1 heterocycles. The van der Waals surface area contributed by atoms with Gasteiger partial charge in [-0.05, 0) is 50.1 Å². The van der Waals surface area contributed by atoms with Crippen molar-refractivity contribution in [2.45, 2.75) is 31.2 Å². The molecule has 110 valence electrons. The Balaban J connectivity index is 2.06. The van der Waals surface area contributed by atoms with Gasteiger partial charge in [0.15, 0.2) is 0 Å². The van der Waals surface area contributed by atoms with Crippen molar-refractivity contribution < 1.29 is 4.39 Å². The fourth-order valence-electron chi connectivity index (χ4n) is 3.32. The second kappa shape index (κ2) is 6.12. The SMILES string of the molecule is CNC(c1c(F)cccc1Cl)C1CCCc2cccnc21. The number of hydrogen-bond donors (Lipinski definition) is 1. The summed E-state index contributed by atoms with van der Waals surface area (Å²) in [6.45, 7) is 0. The fourth-order valence-corrected chi connectivity index (χ4v) is 3.60. The normalized spacial score (nSPS) is 19.1. The third-order valence-corrected chi connectivity index (χ3v) is 4.59. The third-order valence-electron chi connectivity index (χ3n) is 4.26. The highest BCUT2D eigenvalue weighted by Gasteiger charge is 2.31. The molecule has 1 N–H and O–H groups in total. The summed E-state index contributed by atoms with van der Waals surface area (Å²) in [6, 6.07) is 8.77. The molecule has 0 aliphatic heterocycles. The number of fused-ring (bicyclic) bond motifs is 1. The zero-order valence-corrected chi connectivity index (χ0v) is 12.7. The first-order chi connectivity index (χ1) is 10.2. The Morgan fingerprint density at radius 3 is 2.95 bits per heavy atom. The first kappa shape index (κ1) is 14.5. The van der Waals surface area contributed by atoms with Gasteiger partial charge < -0.3 is 5.32 Å². The van der Waals surface area contributed by atoms with Crippen molar-refractivity contribution in [1.82, 2.24) is 10.3 Å². The molecule has 0 amide bonds. The summed E-state index contributed by atoms with van der Waals surface area (Å²) in [5, 5.41) is 3.72. The largest absolute Gasteiger partial charge is 0.312 e. The maximum Gasteiger partial charge on any atom is 0.129 e. The molecule has 21 heavy (non-hydrogen) atoms. The quantitative estimate of drug-likeness (QED) is 0.916. The average molecular weight is 305 g/mol. The molecule has 2 nitrogen and oxygen atoms in total. The first-order valence-electron chi connectivity index (χ1n) is 7.27. The van der Waals surface area contributed by atoms with Crippen LogP contribution < -0.4 is 5.32 Å². The number of benzene rings is 1. The van der Waals surface area contributed by atoms with Crippen LogP contribution in [-0.4, -0.2) is 12.0 Å². The van der Waals surface area contributed by atoms with Crippen molar-refractivity contribution in [3.63, 3.8) is 0 Å². The summed E-state index contributed by atoms with van der Waals surface area (Å²) in [5.41, 5.74) is 2.88. The second-order valence-electron chi connectivity index (χ2n) is 5.45. The second-order valence-corrected chi connectivity index (χ2v) is 5.86. The summed E-state index contributed by atoms with van der Waals surface area (Å²) in [5.74, 6) is -0.112. The predicted molar refractivity (Wildman–Crippen MR) is 83.1 cm³/mol. The van der Waals surface area contributed by atoms with Crippen LogP contribution in [0.1, 0.15) is 41.6 Å². The van der Waals surface area contributed by atoms with E-state index < -0.39 is 0 Å². The Hall–Kier alpha value is -1.45. The van der Waals surface area contributed by atoms with Crippen LogP contribution in [0, 0.1) is 5.82 Å². The topological polar surface area (TPSA) is 24.9 Å². The van der Waals surface area contributed by atoms with E-state index in [9.17, 15) is 4.39 Å². The monoisotopic (exact) mass is 304 g/mol. The number of halogens is 2. The molecule has 1 aliphatic rings. The summed E-state index contributed by atoms with van der Waals surface area (Å²) in [6.07, 6.45) is 4.93. The van der Waals surface area contributed by atoms with Crippen LogP contribution in [0.4, 0.5) is 4.39 Å². The van der Waals surface area contributed by atoms with E-state index in [0.29, 0.717) is 10.6 Å². The number of aryl methyl sites for hydroxylation is 1. The van der Waals surface area contributed by atoms with Gasteiger partial charge in [-0.15, -0.1) is 0 Å². The molecule has 1 aromatic heterocycles. The van der Waals surface area contributed by atoms with Crippen molar-refractivity contribution in [3.8, 4) is 0 Å². The van der Waals surface area contributed by atoms with Gasteiger partial charge in [0.05, 0.1) is 0 Å². The van der Waals surface area contributed by atoms with E-state index in [1.807, 2.05) is 19.3 Å². The molecule has 0 saturated carbocycles. The molecule has 0 radical (unpaired) electrons. The number of likely N-dealkylation sites (N-methyl/N-ethyl adjacent to an activating group) is 1. The van der Waals surface area contributed by atoms with Crippen LogP contribution in [0.25, 0.3) is 0 Å². The van der Waals surface area contributed by atoms with E-state index in [0.717, 1.165) is 25.0 Å². The molecular weight excluding hydrogens is 287 g/mol. The summed E-state index contributed by atoms with van der Waals surface area (Å²) in [4.78, 5) is 4.55. The van der Waals surface area contributed by atoms with E-state index in [1.54, 1.807) is 12.1 Å². The molecule has 0 fully saturated rings. The van der Waals surface area contributed by atoms with Gasteiger partial charge in [-0.3, -0.25) is 4.98 Å². The highest BCUT2D eigenvalue weighted by atomic mass is 35.5. The number of pyridine rings is 1. The third kappa shape index (κ3) is 2.68. The lowest BCUT2D eigenvalue weighted by Gasteiger charge is -2.32. The van der Waals surface area contributed by atoms with Gasteiger partial charge in [-0.25, -0.2) is 4.39 Å². The van der Waals surface area contributed by atoms with Gasteiger partial charge in [0.2, 0.25) is 0 Å². The van der Waals surface area contributed by atoms with E-state index in [4.69, 9.17) is 11.6 Å².